The zero-order chi connectivity index (χ0) is 18.0. The van der Waals surface area contributed by atoms with Gasteiger partial charge in [-0.25, -0.2) is 14.8 Å². The summed E-state index contributed by atoms with van der Waals surface area (Å²) in [6.07, 6.45) is 2.90. The number of anilines is 1. The molecule has 2 aromatic heterocycles. The Labute approximate surface area is 147 Å². The van der Waals surface area contributed by atoms with Crippen molar-refractivity contribution in [1.29, 1.82) is 0 Å². The number of aromatic nitrogens is 2. The summed E-state index contributed by atoms with van der Waals surface area (Å²) in [7, 11) is 0. The van der Waals surface area contributed by atoms with Crippen LogP contribution in [-0.2, 0) is 4.74 Å². The second-order valence-corrected chi connectivity index (χ2v) is 7.21. The van der Waals surface area contributed by atoms with Gasteiger partial charge in [0.2, 0.25) is 0 Å². The third kappa shape index (κ3) is 4.10. The van der Waals surface area contributed by atoms with Crippen molar-refractivity contribution in [3.63, 3.8) is 0 Å². The molecule has 7 heteroatoms. The Bertz CT molecular complexity index is 724. The van der Waals surface area contributed by atoms with Crippen LogP contribution >= 0.6 is 0 Å². The first-order chi connectivity index (χ1) is 11.8. The normalized spacial score (nSPS) is 18.3. The van der Waals surface area contributed by atoms with Crippen LogP contribution in [0, 0.1) is 0 Å². The molecule has 1 aliphatic rings. The van der Waals surface area contributed by atoms with Crippen molar-refractivity contribution in [1.82, 2.24) is 14.9 Å². The van der Waals surface area contributed by atoms with Gasteiger partial charge in [0.05, 0.1) is 6.26 Å². The Morgan fingerprint density at radius 2 is 2.12 bits per heavy atom. The molecule has 25 heavy (non-hydrogen) atoms. The summed E-state index contributed by atoms with van der Waals surface area (Å²) in [5.41, 5.74) is 0.263. The molecule has 0 aromatic carbocycles. The maximum absolute atomic E-state index is 12.3. The van der Waals surface area contributed by atoms with E-state index in [1.165, 1.54) is 0 Å². The van der Waals surface area contributed by atoms with Crippen molar-refractivity contribution in [2.45, 2.75) is 39.3 Å². The van der Waals surface area contributed by atoms with Crippen molar-refractivity contribution in [3.8, 4) is 11.5 Å². The summed E-state index contributed by atoms with van der Waals surface area (Å²) in [5, 5.41) is 0. The molecule has 1 amide bonds. The molecule has 0 N–H and O–H groups in total. The van der Waals surface area contributed by atoms with Crippen molar-refractivity contribution in [2.24, 2.45) is 0 Å². The molecule has 0 bridgehead atoms. The zero-order valence-electron chi connectivity index (χ0n) is 15.1. The van der Waals surface area contributed by atoms with Gasteiger partial charge in [0.1, 0.15) is 23.4 Å². The van der Waals surface area contributed by atoms with E-state index in [-0.39, 0.29) is 12.1 Å². The van der Waals surface area contributed by atoms with Gasteiger partial charge in [0.15, 0.2) is 5.76 Å². The van der Waals surface area contributed by atoms with E-state index in [0.717, 1.165) is 11.5 Å². The summed E-state index contributed by atoms with van der Waals surface area (Å²) in [6.45, 7) is 9.58. The zero-order valence-corrected chi connectivity index (χ0v) is 15.1. The van der Waals surface area contributed by atoms with E-state index >= 15 is 0 Å². The minimum absolute atomic E-state index is 0.126. The topological polar surface area (TPSA) is 71.7 Å². The number of carbonyl (C=O) groups is 1. The minimum atomic E-state index is -0.484. The molecule has 0 saturated carbocycles. The largest absolute Gasteiger partial charge is 0.463 e. The standard InChI is InChI=1S/C18H24N4O3/c1-13-11-21(17(23)25-18(2,3)4)7-8-22(13)16-10-14(19-12-20-16)15-6-5-9-24-15/h5-6,9-10,12-13H,7-8,11H2,1-4H3/t13-/m1/s1. The number of piperazine rings is 1. The maximum atomic E-state index is 12.3. The van der Waals surface area contributed by atoms with E-state index in [4.69, 9.17) is 9.15 Å². The Morgan fingerprint density at radius 1 is 1.32 bits per heavy atom. The fourth-order valence-electron chi connectivity index (χ4n) is 2.85. The monoisotopic (exact) mass is 344 g/mol. The highest BCUT2D eigenvalue weighted by Gasteiger charge is 2.30. The number of hydrogen-bond donors (Lipinski definition) is 0. The fraction of sp³-hybridized carbons (Fsp3) is 0.500. The molecule has 0 spiro atoms. The van der Waals surface area contributed by atoms with Gasteiger partial charge in [0, 0.05) is 31.7 Å². The van der Waals surface area contributed by atoms with Crippen LogP contribution in [0.25, 0.3) is 11.5 Å². The third-order valence-electron chi connectivity index (χ3n) is 4.00. The Balaban J connectivity index is 1.70. The van der Waals surface area contributed by atoms with E-state index in [9.17, 15) is 4.79 Å². The van der Waals surface area contributed by atoms with Crippen LogP contribution in [0.15, 0.2) is 35.2 Å². The molecule has 0 aliphatic carbocycles. The summed E-state index contributed by atoms with van der Waals surface area (Å²) >= 11 is 0. The average molecular weight is 344 g/mol. The summed E-state index contributed by atoms with van der Waals surface area (Å²) < 4.78 is 10.9. The Kier molecular flexibility index (Phi) is 4.65. The van der Waals surface area contributed by atoms with Crippen molar-refractivity contribution in [2.75, 3.05) is 24.5 Å². The molecule has 7 nitrogen and oxygen atoms in total. The van der Waals surface area contributed by atoms with E-state index < -0.39 is 5.60 Å². The smallest absolute Gasteiger partial charge is 0.410 e. The SMILES string of the molecule is C[C@@H]1CN(C(=O)OC(C)(C)C)CCN1c1cc(-c2ccco2)ncn1. The molecule has 1 aliphatic heterocycles. The van der Waals surface area contributed by atoms with Crippen LogP contribution < -0.4 is 4.90 Å². The molecule has 3 heterocycles. The van der Waals surface area contributed by atoms with Crippen LogP contribution in [0.4, 0.5) is 10.6 Å². The molecule has 1 saturated heterocycles. The van der Waals surface area contributed by atoms with Gasteiger partial charge in [-0.3, -0.25) is 0 Å². The van der Waals surface area contributed by atoms with Crippen molar-refractivity contribution >= 4 is 11.9 Å². The molecule has 134 valence electrons. The first-order valence-electron chi connectivity index (χ1n) is 8.44. The molecule has 1 fully saturated rings. The number of amides is 1. The lowest BCUT2D eigenvalue weighted by atomic mass is 10.2. The molecule has 1 atom stereocenters. The lowest BCUT2D eigenvalue weighted by Gasteiger charge is -2.40. The van der Waals surface area contributed by atoms with Crippen LogP contribution in [0.3, 0.4) is 0 Å². The van der Waals surface area contributed by atoms with Crippen LogP contribution in [0.5, 0.6) is 0 Å². The third-order valence-corrected chi connectivity index (χ3v) is 4.00. The van der Waals surface area contributed by atoms with Crippen molar-refractivity contribution in [3.05, 3.63) is 30.8 Å². The van der Waals surface area contributed by atoms with Gasteiger partial charge in [-0.05, 0) is 39.8 Å². The minimum Gasteiger partial charge on any atom is -0.463 e. The van der Waals surface area contributed by atoms with E-state index in [0.29, 0.717) is 25.4 Å². The quantitative estimate of drug-likeness (QED) is 0.833. The van der Waals surface area contributed by atoms with Crippen LogP contribution in [0.2, 0.25) is 0 Å². The summed E-state index contributed by atoms with van der Waals surface area (Å²) in [6, 6.07) is 5.74. The van der Waals surface area contributed by atoms with Gasteiger partial charge in [-0.15, -0.1) is 0 Å². The molecule has 2 aromatic rings. The second kappa shape index (κ2) is 6.74. The van der Waals surface area contributed by atoms with Crippen LogP contribution in [-0.4, -0.2) is 52.2 Å². The number of hydrogen-bond acceptors (Lipinski definition) is 6. The van der Waals surface area contributed by atoms with E-state index in [1.807, 2.05) is 39.0 Å². The number of furan rings is 1. The van der Waals surface area contributed by atoms with Crippen molar-refractivity contribution < 1.29 is 13.9 Å². The lowest BCUT2D eigenvalue weighted by molar-refractivity contribution is 0.0218. The highest BCUT2D eigenvalue weighted by molar-refractivity contribution is 5.69. The highest BCUT2D eigenvalue weighted by atomic mass is 16.6. The summed E-state index contributed by atoms with van der Waals surface area (Å²) in [5.74, 6) is 1.54. The number of nitrogens with zero attached hydrogens (tertiary/aromatic N) is 4. The molecule has 3 rings (SSSR count). The lowest BCUT2D eigenvalue weighted by Crippen LogP contribution is -2.54. The summed E-state index contributed by atoms with van der Waals surface area (Å²) in [4.78, 5) is 24.8. The molecular weight excluding hydrogens is 320 g/mol. The van der Waals surface area contributed by atoms with Gasteiger partial charge in [-0.2, -0.15) is 0 Å². The number of carbonyl (C=O) groups excluding carboxylic acids is 1. The number of rotatable bonds is 2. The molecule has 0 unspecified atom stereocenters. The van der Waals surface area contributed by atoms with Gasteiger partial charge < -0.3 is 19.0 Å². The van der Waals surface area contributed by atoms with Gasteiger partial charge in [-0.1, -0.05) is 0 Å². The second-order valence-electron chi connectivity index (χ2n) is 7.21. The first-order valence-corrected chi connectivity index (χ1v) is 8.44. The highest BCUT2D eigenvalue weighted by Crippen LogP contribution is 2.24. The Hall–Kier alpha value is -2.57. The molecule has 0 radical (unpaired) electrons. The maximum Gasteiger partial charge on any atom is 0.410 e. The fourth-order valence-corrected chi connectivity index (χ4v) is 2.85. The van der Waals surface area contributed by atoms with Gasteiger partial charge >= 0.3 is 6.09 Å². The van der Waals surface area contributed by atoms with Crippen LogP contribution in [0.1, 0.15) is 27.7 Å². The number of ether oxygens (including phenoxy) is 1. The predicted molar refractivity (Wildman–Crippen MR) is 94.3 cm³/mol. The van der Waals surface area contributed by atoms with E-state index in [1.54, 1.807) is 17.5 Å². The predicted octanol–water partition coefficient (Wildman–Crippen LogP) is 3.18. The molecular formula is C18H24N4O3. The van der Waals surface area contributed by atoms with Gasteiger partial charge in [0.25, 0.3) is 0 Å². The first kappa shape index (κ1) is 17.3. The Morgan fingerprint density at radius 3 is 2.76 bits per heavy atom. The average Bonchev–Trinajstić information content (AvgIpc) is 3.08. The van der Waals surface area contributed by atoms with E-state index in [2.05, 4.69) is 21.8 Å².